The SMILES string of the molecule is C=C(C)CCO.Cc1ccc(-c2cccc(CCc3ccccc3)c2)cc1. The molecule has 0 heterocycles. The zero-order chi connectivity index (χ0) is 19.5. The van der Waals surface area contributed by atoms with Crippen molar-refractivity contribution in [1.29, 1.82) is 0 Å². The molecule has 0 unspecified atom stereocenters. The van der Waals surface area contributed by atoms with E-state index in [1.807, 2.05) is 6.92 Å². The van der Waals surface area contributed by atoms with Gasteiger partial charge in [0.15, 0.2) is 0 Å². The van der Waals surface area contributed by atoms with Gasteiger partial charge in [-0.3, -0.25) is 0 Å². The highest BCUT2D eigenvalue weighted by Crippen LogP contribution is 2.21. The summed E-state index contributed by atoms with van der Waals surface area (Å²) < 4.78 is 0. The minimum Gasteiger partial charge on any atom is -0.396 e. The molecule has 0 aliphatic rings. The Labute approximate surface area is 164 Å². The fourth-order valence-electron chi connectivity index (χ4n) is 2.78. The predicted octanol–water partition coefficient (Wildman–Crippen LogP) is 6.39. The van der Waals surface area contributed by atoms with E-state index < -0.39 is 0 Å². The molecule has 1 nitrogen and oxygen atoms in total. The van der Waals surface area contributed by atoms with E-state index in [9.17, 15) is 0 Å². The minimum absolute atomic E-state index is 0.231. The van der Waals surface area contributed by atoms with Gasteiger partial charge in [0, 0.05) is 6.61 Å². The van der Waals surface area contributed by atoms with Crippen molar-refractivity contribution < 1.29 is 5.11 Å². The summed E-state index contributed by atoms with van der Waals surface area (Å²) in [7, 11) is 0. The molecule has 0 bridgehead atoms. The molecule has 0 aliphatic heterocycles. The summed E-state index contributed by atoms with van der Waals surface area (Å²) in [5.74, 6) is 0. The second kappa shape index (κ2) is 11.2. The van der Waals surface area contributed by atoms with E-state index in [0.29, 0.717) is 0 Å². The van der Waals surface area contributed by atoms with Gasteiger partial charge in [-0.1, -0.05) is 90.0 Å². The predicted molar refractivity (Wildman–Crippen MR) is 117 cm³/mol. The zero-order valence-electron chi connectivity index (χ0n) is 16.5. The van der Waals surface area contributed by atoms with Crippen LogP contribution in [0.25, 0.3) is 11.1 Å². The highest BCUT2D eigenvalue weighted by atomic mass is 16.2. The summed E-state index contributed by atoms with van der Waals surface area (Å²) in [6.45, 7) is 7.84. The van der Waals surface area contributed by atoms with Gasteiger partial charge in [0.2, 0.25) is 0 Å². The second-order valence-corrected chi connectivity index (χ2v) is 6.98. The van der Waals surface area contributed by atoms with Crippen LogP contribution in [0, 0.1) is 6.92 Å². The molecule has 0 atom stereocenters. The molecule has 0 saturated carbocycles. The van der Waals surface area contributed by atoms with E-state index in [1.54, 1.807) is 0 Å². The lowest BCUT2D eigenvalue weighted by atomic mass is 9.99. The smallest absolute Gasteiger partial charge is 0.0467 e. The molecule has 0 radical (unpaired) electrons. The Hall–Kier alpha value is -2.64. The molecule has 0 amide bonds. The monoisotopic (exact) mass is 358 g/mol. The van der Waals surface area contributed by atoms with E-state index in [0.717, 1.165) is 24.8 Å². The Morgan fingerprint density at radius 1 is 0.778 bits per heavy atom. The van der Waals surface area contributed by atoms with Gasteiger partial charge in [-0.25, -0.2) is 0 Å². The lowest BCUT2D eigenvalue weighted by Crippen LogP contribution is -1.91. The Kier molecular flexibility index (Phi) is 8.54. The first-order chi connectivity index (χ1) is 13.1. The Bertz CT molecular complexity index is 816. The summed E-state index contributed by atoms with van der Waals surface area (Å²) in [5.41, 5.74) is 7.74. The van der Waals surface area contributed by atoms with Crippen LogP contribution in [0.3, 0.4) is 0 Å². The average molecular weight is 359 g/mol. The topological polar surface area (TPSA) is 20.2 Å². The molecule has 0 aromatic heterocycles. The molecule has 0 spiro atoms. The van der Waals surface area contributed by atoms with Crippen LogP contribution < -0.4 is 0 Å². The molecule has 0 aliphatic carbocycles. The maximum absolute atomic E-state index is 8.18. The number of hydrogen-bond acceptors (Lipinski definition) is 1. The lowest BCUT2D eigenvalue weighted by molar-refractivity contribution is 0.299. The molecule has 140 valence electrons. The van der Waals surface area contributed by atoms with Crippen molar-refractivity contribution in [2.75, 3.05) is 6.61 Å². The first kappa shape index (κ1) is 20.7. The number of aliphatic hydroxyl groups is 1. The molecular formula is C26H30O. The quantitative estimate of drug-likeness (QED) is 0.506. The third-order valence-electron chi connectivity index (χ3n) is 4.40. The van der Waals surface area contributed by atoms with Gasteiger partial charge >= 0.3 is 0 Å². The molecule has 0 fully saturated rings. The van der Waals surface area contributed by atoms with Crippen LogP contribution in [0.5, 0.6) is 0 Å². The number of aryl methyl sites for hydroxylation is 3. The average Bonchev–Trinajstić information content (AvgIpc) is 2.68. The molecule has 3 rings (SSSR count). The molecule has 0 saturated heterocycles. The van der Waals surface area contributed by atoms with Crippen LogP contribution in [0.15, 0.2) is 91.0 Å². The third-order valence-corrected chi connectivity index (χ3v) is 4.40. The van der Waals surface area contributed by atoms with Crippen LogP contribution in [-0.2, 0) is 12.8 Å². The van der Waals surface area contributed by atoms with Gasteiger partial charge in [-0.2, -0.15) is 0 Å². The van der Waals surface area contributed by atoms with Gasteiger partial charge in [0.05, 0.1) is 0 Å². The fraction of sp³-hybridized carbons (Fsp3) is 0.231. The Morgan fingerprint density at radius 2 is 1.41 bits per heavy atom. The van der Waals surface area contributed by atoms with E-state index in [4.69, 9.17) is 5.11 Å². The van der Waals surface area contributed by atoms with Crippen molar-refractivity contribution in [3.63, 3.8) is 0 Å². The van der Waals surface area contributed by atoms with E-state index >= 15 is 0 Å². The summed E-state index contributed by atoms with van der Waals surface area (Å²) in [6, 6.07) is 28.3. The normalized spacial score (nSPS) is 10.0. The highest BCUT2D eigenvalue weighted by molar-refractivity contribution is 5.64. The Balaban J connectivity index is 0.000000380. The van der Waals surface area contributed by atoms with E-state index in [-0.39, 0.29) is 6.61 Å². The molecular weight excluding hydrogens is 328 g/mol. The summed E-state index contributed by atoms with van der Waals surface area (Å²) in [6.07, 6.45) is 2.92. The number of aliphatic hydroxyl groups excluding tert-OH is 1. The lowest BCUT2D eigenvalue weighted by Gasteiger charge is -2.06. The summed E-state index contributed by atoms with van der Waals surface area (Å²) in [5, 5.41) is 8.18. The van der Waals surface area contributed by atoms with Gasteiger partial charge in [-0.15, -0.1) is 6.58 Å². The van der Waals surface area contributed by atoms with Gasteiger partial charge in [-0.05, 0) is 55.4 Å². The van der Waals surface area contributed by atoms with Crippen molar-refractivity contribution >= 4 is 0 Å². The largest absolute Gasteiger partial charge is 0.396 e. The first-order valence-electron chi connectivity index (χ1n) is 9.53. The number of benzene rings is 3. The second-order valence-electron chi connectivity index (χ2n) is 6.98. The summed E-state index contributed by atoms with van der Waals surface area (Å²) in [4.78, 5) is 0. The summed E-state index contributed by atoms with van der Waals surface area (Å²) >= 11 is 0. The molecule has 27 heavy (non-hydrogen) atoms. The van der Waals surface area contributed by atoms with Crippen molar-refractivity contribution in [2.24, 2.45) is 0 Å². The molecule has 3 aromatic carbocycles. The van der Waals surface area contributed by atoms with Crippen molar-refractivity contribution in [3.8, 4) is 11.1 Å². The Morgan fingerprint density at radius 3 is 2.00 bits per heavy atom. The van der Waals surface area contributed by atoms with Crippen molar-refractivity contribution in [1.82, 2.24) is 0 Å². The number of hydrogen-bond donors (Lipinski definition) is 1. The van der Waals surface area contributed by atoms with Crippen LogP contribution in [0.1, 0.15) is 30.0 Å². The molecule has 1 heteroatoms. The number of rotatable bonds is 6. The van der Waals surface area contributed by atoms with Crippen LogP contribution >= 0.6 is 0 Å². The van der Waals surface area contributed by atoms with E-state index in [2.05, 4.69) is 92.4 Å². The highest BCUT2D eigenvalue weighted by Gasteiger charge is 2.00. The molecule has 1 N–H and O–H groups in total. The maximum atomic E-state index is 8.18. The van der Waals surface area contributed by atoms with Crippen LogP contribution in [-0.4, -0.2) is 11.7 Å². The zero-order valence-corrected chi connectivity index (χ0v) is 16.5. The third kappa shape index (κ3) is 7.64. The first-order valence-corrected chi connectivity index (χ1v) is 9.53. The van der Waals surface area contributed by atoms with Crippen molar-refractivity contribution in [2.45, 2.75) is 33.1 Å². The van der Waals surface area contributed by atoms with Gasteiger partial charge in [0.1, 0.15) is 0 Å². The van der Waals surface area contributed by atoms with E-state index in [1.165, 1.54) is 27.8 Å². The van der Waals surface area contributed by atoms with Gasteiger partial charge < -0.3 is 5.11 Å². The van der Waals surface area contributed by atoms with Crippen LogP contribution in [0.2, 0.25) is 0 Å². The van der Waals surface area contributed by atoms with Gasteiger partial charge in [0.25, 0.3) is 0 Å². The molecule has 3 aromatic rings. The minimum atomic E-state index is 0.231. The fourth-order valence-corrected chi connectivity index (χ4v) is 2.78. The maximum Gasteiger partial charge on any atom is 0.0467 e. The standard InChI is InChI=1S/C21H20.C5H10O/c1-17-10-14-20(15-11-17)21-9-5-8-19(16-21)13-12-18-6-3-2-4-7-18;1-5(2)3-4-6/h2-11,14-16H,12-13H2,1H3;6H,1,3-4H2,2H3. The van der Waals surface area contributed by atoms with Crippen molar-refractivity contribution in [3.05, 3.63) is 108 Å². The van der Waals surface area contributed by atoms with Crippen LogP contribution in [0.4, 0.5) is 0 Å².